The van der Waals surface area contributed by atoms with Gasteiger partial charge in [-0.05, 0) is 37.3 Å². The lowest BCUT2D eigenvalue weighted by molar-refractivity contribution is 0.0526. The van der Waals surface area contributed by atoms with E-state index in [1.807, 2.05) is 31.3 Å². The molecule has 4 heteroatoms. The monoisotopic (exact) mass is 242 g/mol. The van der Waals surface area contributed by atoms with Gasteiger partial charge in [-0.3, -0.25) is 0 Å². The van der Waals surface area contributed by atoms with E-state index in [2.05, 4.69) is 16.0 Å². The highest BCUT2D eigenvalue weighted by molar-refractivity contribution is 5.93. The van der Waals surface area contributed by atoms with Crippen molar-refractivity contribution in [3.63, 3.8) is 0 Å². The summed E-state index contributed by atoms with van der Waals surface area (Å²) < 4.78 is 7.13. The average molecular weight is 242 g/mol. The Hall–Kier alpha value is -2.23. The molecule has 1 N–H and O–H groups in total. The Morgan fingerprint density at radius 2 is 2.33 bits per heavy atom. The highest BCUT2D eigenvalue weighted by Crippen LogP contribution is 2.33. The summed E-state index contributed by atoms with van der Waals surface area (Å²) in [5, 5.41) is 3.31. The number of nitrogens with zero attached hydrogens (tertiary/aromatic N) is 1. The molecule has 1 aromatic carbocycles. The maximum absolute atomic E-state index is 11.7. The molecule has 0 fully saturated rings. The highest BCUT2D eigenvalue weighted by Gasteiger charge is 2.17. The lowest BCUT2D eigenvalue weighted by Crippen LogP contribution is -2.15. The van der Waals surface area contributed by atoms with Crippen molar-refractivity contribution in [2.24, 2.45) is 0 Å². The van der Waals surface area contributed by atoms with Crippen molar-refractivity contribution < 1.29 is 9.53 Å². The molecule has 92 valence electrons. The fourth-order valence-corrected chi connectivity index (χ4v) is 2.22. The Morgan fingerprint density at radius 3 is 3.17 bits per heavy atom. The number of anilines is 1. The number of aromatic nitrogens is 1. The summed E-state index contributed by atoms with van der Waals surface area (Å²) >= 11 is 0. The lowest BCUT2D eigenvalue weighted by Gasteiger charge is -2.21. The third-order valence-corrected chi connectivity index (χ3v) is 3.08. The van der Waals surface area contributed by atoms with Gasteiger partial charge in [0.15, 0.2) is 0 Å². The van der Waals surface area contributed by atoms with Crippen LogP contribution in [0.4, 0.5) is 5.69 Å². The Bertz CT molecular complexity index is 602. The predicted molar refractivity (Wildman–Crippen MR) is 69.4 cm³/mol. The van der Waals surface area contributed by atoms with Crippen LogP contribution in [0.5, 0.6) is 0 Å². The number of benzene rings is 1. The standard InChI is InChI=1S/C14H14N2O2/c1-2-18-14(17)10-5-6-12-11(8-10)13-4-3-7-16(13)9-15-12/h3-8,15H,2,9H2,1H3. The van der Waals surface area contributed by atoms with Crippen LogP contribution >= 0.6 is 0 Å². The van der Waals surface area contributed by atoms with Crippen LogP contribution < -0.4 is 5.32 Å². The van der Waals surface area contributed by atoms with Crippen molar-refractivity contribution >= 4 is 11.7 Å². The molecule has 2 heterocycles. The largest absolute Gasteiger partial charge is 0.462 e. The molecule has 3 rings (SSSR count). The van der Waals surface area contributed by atoms with E-state index in [1.54, 1.807) is 6.07 Å². The Labute approximate surface area is 105 Å². The SMILES string of the molecule is CCOC(=O)c1ccc2c(c1)-c1cccn1CN2. The summed E-state index contributed by atoms with van der Waals surface area (Å²) in [6, 6.07) is 9.66. The minimum atomic E-state index is -0.274. The summed E-state index contributed by atoms with van der Waals surface area (Å²) in [5.41, 5.74) is 3.80. The van der Waals surface area contributed by atoms with Gasteiger partial charge in [0.1, 0.15) is 0 Å². The normalized spacial score (nSPS) is 12.3. The second-order valence-corrected chi connectivity index (χ2v) is 4.18. The first-order valence-corrected chi connectivity index (χ1v) is 6.00. The van der Waals surface area contributed by atoms with Crippen LogP contribution in [0.2, 0.25) is 0 Å². The quantitative estimate of drug-likeness (QED) is 0.823. The summed E-state index contributed by atoms with van der Waals surface area (Å²) in [5.74, 6) is -0.274. The Balaban J connectivity index is 2.05. The zero-order valence-electron chi connectivity index (χ0n) is 10.1. The average Bonchev–Trinajstić information content (AvgIpc) is 2.87. The number of esters is 1. The van der Waals surface area contributed by atoms with Crippen LogP contribution in [-0.4, -0.2) is 17.1 Å². The second kappa shape index (κ2) is 4.22. The van der Waals surface area contributed by atoms with Gasteiger partial charge in [-0.15, -0.1) is 0 Å². The summed E-state index contributed by atoms with van der Waals surface area (Å²) in [6.45, 7) is 2.96. The number of rotatable bonds is 2. The van der Waals surface area contributed by atoms with E-state index in [1.165, 1.54) is 0 Å². The molecule has 18 heavy (non-hydrogen) atoms. The molecule has 1 aliphatic rings. The topological polar surface area (TPSA) is 43.3 Å². The molecule has 0 atom stereocenters. The fourth-order valence-electron chi connectivity index (χ4n) is 2.22. The number of carbonyl (C=O) groups excluding carboxylic acids is 1. The van der Waals surface area contributed by atoms with Gasteiger partial charge >= 0.3 is 5.97 Å². The van der Waals surface area contributed by atoms with Gasteiger partial charge in [-0.25, -0.2) is 4.79 Å². The summed E-state index contributed by atoms with van der Waals surface area (Å²) in [6.07, 6.45) is 2.02. The van der Waals surface area contributed by atoms with Gasteiger partial charge in [0.25, 0.3) is 0 Å². The molecule has 0 saturated heterocycles. The molecule has 0 amide bonds. The van der Waals surface area contributed by atoms with Gasteiger partial charge in [0.05, 0.1) is 24.5 Å². The fraction of sp³-hybridized carbons (Fsp3) is 0.214. The van der Waals surface area contributed by atoms with Crippen molar-refractivity contribution in [2.75, 3.05) is 11.9 Å². The van der Waals surface area contributed by atoms with E-state index in [-0.39, 0.29) is 5.97 Å². The maximum Gasteiger partial charge on any atom is 0.338 e. The Kier molecular flexibility index (Phi) is 2.55. The van der Waals surface area contributed by atoms with Crippen LogP contribution in [-0.2, 0) is 11.4 Å². The first-order chi connectivity index (χ1) is 8.79. The van der Waals surface area contributed by atoms with Crippen LogP contribution in [0.3, 0.4) is 0 Å². The zero-order valence-corrected chi connectivity index (χ0v) is 10.1. The van der Waals surface area contributed by atoms with Crippen LogP contribution in [0, 0.1) is 0 Å². The first-order valence-electron chi connectivity index (χ1n) is 6.00. The highest BCUT2D eigenvalue weighted by atomic mass is 16.5. The number of fused-ring (bicyclic) bond motifs is 3. The van der Waals surface area contributed by atoms with Crippen LogP contribution in [0.15, 0.2) is 36.5 Å². The molecule has 0 saturated carbocycles. The number of hydrogen-bond donors (Lipinski definition) is 1. The first kappa shape index (κ1) is 10.9. The molecular formula is C14H14N2O2. The number of carbonyl (C=O) groups is 1. The van der Waals surface area contributed by atoms with E-state index >= 15 is 0 Å². The molecule has 0 spiro atoms. The molecule has 1 aromatic heterocycles. The molecule has 2 aromatic rings. The summed E-state index contributed by atoms with van der Waals surface area (Å²) in [4.78, 5) is 11.7. The molecule has 0 radical (unpaired) electrons. The van der Waals surface area contributed by atoms with Gasteiger partial charge in [0.2, 0.25) is 0 Å². The third-order valence-electron chi connectivity index (χ3n) is 3.08. The molecule has 0 aliphatic carbocycles. The maximum atomic E-state index is 11.7. The van der Waals surface area contributed by atoms with Gasteiger partial charge in [-0.2, -0.15) is 0 Å². The van der Waals surface area contributed by atoms with E-state index < -0.39 is 0 Å². The van der Waals surface area contributed by atoms with Crippen molar-refractivity contribution in [3.8, 4) is 11.3 Å². The van der Waals surface area contributed by atoms with Gasteiger partial charge < -0.3 is 14.6 Å². The number of hydrogen-bond acceptors (Lipinski definition) is 3. The smallest absolute Gasteiger partial charge is 0.338 e. The second-order valence-electron chi connectivity index (χ2n) is 4.18. The van der Waals surface area contributed by atoms with Crippen molar-refractivity contribution in [3.05, 3.63) is 42.1 Å². The molecular weight excluding hydrogens is 228 g/mol. The van der Waals surface area contributed by atoms with Gasteiger partial charge in [-0.1, -0.05) is 0 Å². The van der Waals surface area contributed by atoms with Crippen LogP contribution in [0.25, 0.3) is 11.3 Å². The van der Waals surface area contributed by atoms with E-state index in [4.69, 9.17) is 4.74 Å². The number of ether oxygens (including phenoxy) is 1. The van der Waals surface area contributed by atoms with Gasteiger partial charge in [0, 0.05) is 17.4 Å². The zero-order chi connectivity index (χ0) is 12.5. The van der Waals surface area contributed by atoms with Crippen molar-refractivity contribution in [2.45, 2.75) is 13.6 Å². The molecule has 0 bridgehead atoms. The lowest BCUT2D eigenvalue weighted by atomic mass is 10.0. The van der Waals surface area contributed by atoms with Crippen LogP contribution in [0.1, 0.15) is 17.3 Å². The van der Waals surface area contributed by atoms with E-state index in [9.17, 15) is 4.79 Å². The molecule has 4 nitrogen and oxygen atoms in total. The third kappa shape index (κ3) is 1.66. The van der Waals surface area contributed by atoms with Crippen molar-refractivity contribution in [1.82, 2.24) is 4.57 Å². The predicted octanol–water partition coefficient (Wildman–Crippen LogP) is 2.71. The minimum absolute atomic E-state index is 0.274. The molecule has 1 aliphatic heterocycles. The Morgan fingerprint density at radius 1 is 1.44 bits per heavy atom. The van der Waals surface area contributed by atoms with Crippen molar-refractivity contribution in [1.29, 1.82) is 0 Å². The number of nitrogens with one attached hydrogen (secondary N) is 1. The van der Waals surface area contributed by atoms with E-state index in [0.29, 0.717) is 12.2 Å². The minimum Gasteiger partial charge on any atom is -0.462 e. The molecule has 0 unspecified atom stereocenters. The van der Waals surface area contributed by atoms with E-state index in [0.717, 1.165) is 23.6 Å². The summed E-state index contributed by atoms with van der Waals surface area (Å²) in [7, 11) is 0.